The Morgan fingerprint density at radius 2 is 1.57 bits per heavy atom. The van der Waals surface area contributed by atoms with Crippen molar-refractivity contribution >= 4 is 39.6 Å². The van der Waals surface area contributed by atoms with Gasteiger partial charge in [0.05, 0.1) is 12.1 Å². The number of amides is 2. The first-order valence-electron chi connectivity index (χ1n) is 10.5. The second-order valence-corrected chi connectivity index (χ2v) is 8.69. The first-order chi connectivity index (χ1) is 16.7. The summed E-state index contributed by atoms with van der Waals surface area (Å²) in [5.41, 5.74) is 4.43. The van der Waals surface area contributed by atoms with Gasteiger partial charge in [-0.2, -0.15) is 8.78 Å². The van der Waals surface area contributed by atoms with Gasteiger partial charge < -0.3 is 15.2 Å². The number of alkyl halides is 2. The molecule has 4 rings (SSSR count). The maximum absolute atomic E-state index is 13.3. The molecule has 10 heteroatoms. The molecule has 0 aromatic heterocycles. The highest BCUT2D eigenvalue weighted by molar-refractivity contribution is 9.10. The Bertz CT molecular complexity index is 1270. The first kappa shape index (κ1) is 24.3. The summed E-state index contributed by atoms with van der Waals surface area (Å²) in [6.07, 6.45) is -0.752. The molecule has 0 bridgehead atoms. The topological polar surface area (TPSA) is 105 Å². The van der Waals surface area contributed by atoms with Crippen LogP contribution >= 0.6 is 15.9 Å². The molecule has 0 radical (unpaired) electrons. The average molecular weight is 545 g/mol. The average Bonchev–Trinajstić information content (AvgIpc) is 3.16. The number of carboxylic acid groups (broad SMARTS) is 1. The van der Waals surface area contributed by atoms with E-state index in [1.54, 1.807) is 0 Å². The van der Waals surface area contributed by atoms with E-state index in [1.165, 1.54) is 18.2 Å². The maximum atomic E-state index is 13.3. The lowest BCUT2D eigenvalue weighted by Gasteiger charge is -2.15. The van der Waals surface area contributed by atoms with Crippen LogP contribution in [0.25, 0.3) is 11.1 Å². The summed E-state index contributed by atoms with van der Waals surface area (Å²) < 4.78 is 32.3. The molecule has 0 spiro atoms. The van der Waals surface area contributed by atoms with Crippen molar-refractivity contribution in [3.63, 3.8) is 0 Å². The second-order valence-electron chi connectivity index (χ2n) is 7.84. The third kappa shape index (κ3) is 5.17. The van der Waals surface area contributed by atoms with E-state index in [0.29, 0.717) is 0 Å². The molecule has 3 N–H and O–H groups in total. The third-order valence-electron chi connectivity index (χ3n) is 5.58. The quantitative estimate of drug-likeness (QED) is 0.376. The van der Waals surface area contributed by atoms with Gasteiger partial charge in [0.25, 0.3) is 5.91 Å². The lowest BCUT2D eigenvalue weighted by molar-refractivity contribution is -0.163. The number of hydrogen-bond acceptors (Lipinski definition) is 4. The zero-order chi connectivity index (χ0) is 25.2. The van der Waals surface area contributed by atoms with Crippen molar-refractivity contribution in [2.24, 2.45) is 0 Å². The number of benzene rings is 3. The minimum atomic E-state index is -4.11. The van der Waals surface area contributed by atoms with E-state index in [2.05, 4.69) is 21.2 Å². The normalized spacial score (nSPS) is 12.4. The van der Waals surface area contributed by atoms with Crippen molar-refractivity contribution in [2.45, 2.75) is 11.8 Å². The summed E-state index contributed by atoms with van der Waals surface area (Å²) >= 11 is 3.14. The van der Waals surface area contributed by atoms with Crippen LogP contribution in [0.3, 0.4) is 0 Å². The Balaban J connectivity index is 1.41. The molecule has 7 nitrogen and oxygen atoms in total. The van der Waals surface area contributed by atoms with Crippen molar-refractivity contribution in [1.29, 1.82) is 0 Å². The molecule has 3 aromatic rings. The molecular weight excluding hydrogens is 526 g/mol. The van der Waals surface area contributed by atoms with Crippen LogP contribution in [0.1, 0.15) is 27.4 Å². The van der Waals surface area contributed by atoms with E-state index in [0.717, 1.165) is 22.3 Å². The van der Waals surface area contributed by atoms with Crippen LogP contribution in [0.4, 0.5) is 19.3 Å². The molecule has 0 saturated heterocycles. The van der Waals surface area contributed by atoms with Gasteiger partial charge in [0.1, 0.15) is 6.61 Å². The molecule has 0 heterocycles. The highest BCUT2D eigenvalue weighted by Crippen LogP contribution is 2.44. The fourth-order valence-electron chi connectivity index (χ4n) is 3.89. The minimum Gasteiger partial charge on any atom is -0.477 e. The number of aliphatic carboxylic acids is 1. The molecule has 2 amide bonds. The van der Waals surface area contributed by atoms with Gasteiger partial charge in [0, 0.05) is 16.1 Å². The standard InChI is InChI=1S/C25H19BrF2N2O5/c26-21-10-9-14(11-19(21)22(31)29-13-25(27,28)23(32)33)30-24(34)35-12-20-17-7-3-1-5-15(17)16-6-2-4-8-18(16)20/h1-11,20H,12-13H2,(H,29,31)(H,30,34)(H,32,33). The predicted molar refractivity (Wildman–Crippen MR) is 128 cm³/mol. The SMILES string of the molecule is O=C(Nc1ccc(Br)c(C(=O)NCC(F)(F)C(=O)O)c1)OCC1c2ccccc2-c2ccccc21. The van der Waals surface area contributed by atoms with Crippen LogP contribution in [-0.2, 0) is 9.53 Å². The summed E-state index contributed by atoms with van der Waals surface area (Å²) in [7, 11) is 0. The fourth-order valence-corrected chi connectivity index (χ4v) is 4.32. The number of carbonyl (C=O) groups is 3. The van der Waals surface area contributed by atoms with Crippen molar-refractivity contribution in [1.82, 2.24) is 5.32 Å². The Labute approximate surface area is 207 Å². The van der Waals surface area contributed by atoms with E-state index < -0.39 is 30.4 Å². The van der Waals surface area contributed by atoms with Crippen molar-refractivity contribution in [2.75, 3.05) is 18.5 Å². The summed E-state index contributed by atoms with van der Waals surface area (Å²) in [5.74, 6) is -7.52. The van der Waals surface area contributed by atoms with Gasteiger partial charge in [-0.05, 0) is 56.4 Å². The van der Waals surface area contributed by atoms with Crippen molar-refractivity contribution in [3.05, 3.63) is 87.9 Å². The number of anilines is 1. The molecule has 1 aliphatic rings. The van der Waals surface area contributed by atoms with Crippen LogP contribution < -0.4 is 10.6 Å². The van der Waals surface area contributed by atoms with Gasteiger partial charge in [-0.1, -0.05) is 48.5 Å². The highest BCUT2D eigenvalue weighted by Gasteiger charge is 2.39. The number of carbonyl (C=O) groups excluding carboxylic acids is 2. The number of carboxylic acids is 1. The molecule has 0 fully saturated rings. The monoisotopic (exact) mass is 544 g/mol. The molecule has 0 aliphatic heterocycles. The van der Waals surface area contributed by atoms with Crippen LogP contribution in [-0.4, -0.2) is 42.2 Å². The number of rotatable bonds is 7. The molecule has 0 atom stereocenters. The minimum absolute atomic E-state index is 0.0670. The van der Waals surface area contributed by atoms with Gasteiger partial charge >= 0.3 is 18.0 Å². The van der Waals surface area contributed by atoms with Gasteiger partial charge in [0.15, 0.2) is 0 Å². The maximum Gasteiger partial charge on any atom is 0.411 e. The number of ether oxygens (including phenoxy) is 1. The van der Waals surface area contributed by atoms with E-state index in [1.807, 2.05) is 53.8 Å². The fraction of sp³-hybridized carbons (Fsp3) is 0.160. The van der Waals surface area contributed by atoms with E-state index in [4.69, 9.17) is 9.84 Å². The number of fused-ring (bicyclic) bond motifs is 3. The van der Waals surface area contributed by atoms with Crippen LogP contribution in [0.2, 0.25) is 0 Å². The molecule has 0 saturated carbocycles. The van der Waals surface area contributed by atoms with Gasteiger partial charge in [0.2, 0.25) is 0 Å². The molecule has 1 aliphatic carbocycles. The number of halogens is 3. The van der Waals surface area contributed by atoms with E-state index in [9.17, 15) is 23.2 Å². The molecule has 0 unspecified atom stereocenters. The highest BCUT2D eigenvalue weighted by atomic mass is 79.9. The summed E-state index contributed by atoms with van der Waals surface area (Å²) in [5, 5.41) is 12.9. The summed E-state index contributed by atoms with van der Waals surface area (Å²) in [6, 6.07) is 20.0. The van der Waals surface area contributed by atoms with Gasteiger partial charge in [-0.3, -0.25) is 10.1 Å². The van der Waals surface area contributed by atoms with Crippen LogP contribution in [0, 0.1) is 0 Å². The van der Waals surface area contributed by atoms with Crippen LogP contribution in [0.5, 0.6) is 0 Å². The smallest absolute Gasteiger partial charge is 0.411 e. The lowest BCUT2D eigenvalue weighted by Crippen LogP contribution is -2.42. The zero-order valence-electron chi connectivity index (χ0n) is 18.1. The Kier molecular flexibility index (Phi) is 6.83. The zero-order valence-corrected chi connectivity index (χ0v) is 19.6. The second kappa shape index (κ2) is 9.83. The van der Waals surface area contributed by atoms with Gasteiger partial charge in [-0.15, -0.1) is 0 Å². The van der Waals surface area contributed by atoms with Crippen molar-refractivity contribution < 1.29 is 33.0 Å². The largest absolute Gasteiger partial charge is 0.477 e. The summed E-state index contributed by atoms with van der Waals surface area (Å²) in [6.45, 7) is -1.29. The Hall–Kier alpha value is -3.79. The molecule has 3 aromatic carbocycles. The lowest BCUT2D eigenvalue weighted by atomic mass is 9.98. The third-order valence-corrected chi connectivity index (χ3v) is 6.28. The molecule has 180 valence electrons. The summed E-state index contributed by atoms with van der Waals surface area (Å²) in [4.78, 5) is 35.3. The number of hydrogen-bond donors (Lipinski definition) is 3. The van der Waals surface area contributed by atoms with E-state index in [-0.39, 0.29) is 28.2 Å². The molecular formula is C25H19BrF2N2O5. The van der Waals surface area contributed by atoms with Crippen molar-refractivity contribution in [3.8, 4) is 11.1 Å². The predicted octanol–water partition coefficient (Wildman–Crippen LogP) is 5.26. The number of nitrogens with one attached hydrogen (secondary N) is 2. The molecule has 35 heavy (non-hydrogen) atoms. The van der Waals surface area contributed by atoms with Gasteiger partial charge in [-0.25, -0.2) is 9.59 Å². The Morgan fingerprint density at radius 1 is 0.971 bits per heavy atom. The Morgan fingerprint density at radius 3 is 2.17 bits per heavy atom. The van der Waals surface area contributed by atoms with Crippen LogP contribution in [0.15, 0.2) is 71.2 Å². The van der Waals surface area contributed by atoms with E-state index >= 15 is 0 Å². The first-order valence-corrected chi connectivity index (χ1v) is 11.3.